The molecule has 3 heteroatoms. The average molecular weight is 183 g/mol. The fraction of sp³-hybridized carbons (Fsp3) is 0.900. The summed E-state index contributed by atoms with van der Waals surface area (Å²) in [6.45, 7) is 3.47. The van der Waals surface area contributed by atoms with Gasteiger partial charge in [0.2, 0.25) is 0 Å². The molecule has 0 bridgehead atoms. The summed E-state index contributed by atoms with van der Waals surface area (Å²) in [5.41, 5.74) is 0. The van der Waals surface area contributed by atoms with Crippen LogP contribution in [0.5, 0.6) is 0 Å². The second-order valence-corrected chi connectivity index (χ2v) is 3.60. The first-order chi connectivity index (χ1) is 6.33. The molecule has 0 N–H and O–H groups in total. The molecule has 0 amide bonds. The van der Waals surface area contributed by atoms with Crippen molar-refractivity contribution in [1.29, 1.82) is 5.26 Å². The minimum absolute atomic E-state index is 0.0186. The maximum absolute atomic E-state index is 8.44. The molecule has 74 valence electrons. The highest BCUT2D eigenvalue weighted by molar-refractivity contribution is 4.72. The fourth-order valence-electron chi connectivity index (χ4n) is 1.33. The molecule has 0 aromatic heterocycles. The fourth-order valence-corrected chi connectivity index (χ4v) is 1.33. The van der Waals surface area contributed by atoms with Crippen molar-refractivity contribution in [2.45, 2.75) is 38.9 Å². The lowest BCUT2D eigenvalue weighted by molar-refractivity contribution is -0.167. The molecule has 0 aromatic rings. The molecule has 1 heterocycles. The summed E-state index contributed by atoms with van der Waals surface area (Å²) in [5, 5.41) is 8.44. The minimum Gasteiger partial charge on any atom is -0.353 e. The first-order valence-corrected chi connectivity index (χ1v) is 4.93. The van der Waals surface area contributed by atoms with Gasteiger partial charge in [0.15, 0.2) is 6.29 Å². The van der Waals surface area contributed by atoms with Crippen molar-refractivity contribution in [3.8, 4) is 6.07 Å². The molecule has 1 aliphatic heterocycles. The van der Waals surface area contributed by atoms with Crippen LogP contribution in [0, 0.1) is 17.2 Å². The van der Waals surface area contributed by atoms with Gasteiger partial charge in [-0.3, -0.25) is 0 Å². The van der Waals surface area contributed by atoms with E-state index >= 15 is 0 Å². The third-order valence-corrected chi connectivity index (χ3v) is 2.14. The summed E-state index contributed by atoms with van der Waals surface area (Å²) in [7, 11) is 0. The first kappa shape index (κ1) is 10.5. The van der Waals surface area contributed by atoms with Crippen molar-refractivity contribution in [1.82, 2.24) is 0 Å². The molecule has 1 unspecified atom stereocenters. The molecule has 1 fully saturated rings. The van der Waals surface area contributed by atoms with Crippen molar-refractivity contribution in [2.75, 3.05) is 13.2 Å². The summed E-state index contributed by atoms with van der Waals surface area (Å²) in [4.78, 5) is 0. The molecular weight excluding hydrogens is 166 g/mol. The van der Waals surface area contributed by atoms with Gasteiger partial charge in [-0.25, -0.2) is 0 Å². The number of hydrogen-bond acceptors (Lipinski definition) is 3. The summed E-state index contributed by atoms with van der Waals surface area (Å²) in [6.07, 6.45) is 3.88. The van der Waals surface area contributed by atoms with E-state index in [1.807, 2.05) is 6.92 Å². The Morgan fingerprint density at radius 1 is 1.62 bits per heavy atom. The van der Waals surface area contributed by atoms with Crippen LogP contribution in [0.1, 0.15) is 32.6 Å². The number of nitriles is 1. The quantitative estimate of drug-likeness (QED) is 0.670. The Labute approximate surface area is 79.6 Å². The molecule has 0 spiro atoms. The molecule has 2 atom stereocenters. The summed E-state index contributed by atoms with van der Waals surface area (Å²) >= 11 is 0. The molecular formula is C10H17NO2. The molecule has 3 nitrogen and oxygen atoms in total. The minimum atomic E-state index is -0.0186. The second-order valence-electron chi connectivity index (χ2n) is 3.60. The van der Waals surface area contributed by atoms with Gasteiger partial charge in [0.1, 0.15) is 0 Å². The van der Waals surface area contributed by atoms with E-state index in [2.05, 4.69) is 6.07 Å². The van der Waals surface area contributed by atoms with Crippen LogP contribution in [-0.4, -0.2) is 19.5 Å². The van der Waals surface area contributed by atoms with Crippen molar-refractivity contribution in [2.24, 2.45) is 5.92 Å². The summed E-state index contributed by atoms with van der Waals surface area (Å²) < 4.78 is 10.9. The Balaban J connectivity index is 2.07. The first-order valence-electron chi connectivity index (χ1n) is 4.93. The van der Waals surface area contributed by atoms with Gasteiger partial charge < -0.3 is 9.47 Å². The lowest BCUT2D eigenvalue weighted by Gasteiger charge is -2.23. The number of rotatable bonds is 4. The van der Waals surface area contributed by atoms with E-state index in [0.717, 1.165) is 19.4 Å². The Hall–Kier alpha value is -0.590. The molecule has 0 saturated carbocycles. The SMILES string of the molecule is C[C@@H](CC#N)COC1CCCCO1. The lowest BCUT2D eigenvalue weighted by Crippen LogP contribution is -2.24. The van der Waals surface area contributed by atoms with Crippen LogP contribution in [0.25, 0.3) is 0 Å². The predicted octanol–water partition coefficient (Wildman–Crippen LogP) is 2.08. The van der Waals surface area contributed by atoms with Crippen LogP contribution in [0.4, 0.5) is 0 Å². The topological polar surface area (TPSA) is 42.2 Å². The Bertz CT molecular complexity index is 170. The monoisotopic (exact) mass is 183 g/mol. The van der Waals surface area contributed by atoms with E-state index in [1.54, 1.807) is 0 Å². The zero-order valence-electron chi connectivity index (χ0n) is 8.16. The van der Waals surface area contributed by atoms with E-state index in [1.165, 1.54) is 6.42 Å². The second kappa shape index (κ2) is 5.95. The van der Waals surface area contributed by atoms with Crippen LogP contribution in [0.3, 0.4) is 0 Å². The molecule has 0 radical (unpaired) electrons. The van der Waals surface area contributed by atoms with Crippen molar-refractivity contribution >= 4 is 0 Å². The van der Waals surface area contributed by atoms with Gasteiger partial charge in [-0.1, -0.05) is 6.92 Å². The third kappa shape index (κ3) is 4.25. The number of nitrogens with zero attached hydrogens (tertiary/aromatic N) is 1. The zero-order valence-corrected chi connectivity index (χ0v) is 8.16. The average Bonchev–Trinajstić information content (AvgIpc) is 2.17. The smallest absolute Gasteiger partial charge is 0.157 e. The highest BCUT2D eigenvalue weighted by atomic mass is 16.7. The van der Waals surface area contributed by atoms with E-state index in [9.17, 15) is 0 Å². The summed E-state index contributed by atoms with van der Waals surface area (Å²) in [6, 6.07) is 2.13. The van der Waals surface area contributed by atoms with Gasteiger partial charge in [0, 0.05) is 13.0 Å². The van der Waals surface area contributed by atoms with E-state index < -0.39 is 0 Å². The van der Waals surface area contributed by atoms with Crippen molar-refractivity contribution in [3.63, 3.8) is 0 Å². The van der Waals surface area contributed by atoms with Crippen LogP contribution in [-0.2, 0) is 9.47 Å². The van der Waals surface area contributed by atoms with Gasteiger partial charge >= 0.3 is 0 Å². The zero-order chi connectivity index (χ0) is 9.52. The Morgan fingerprint density at radius 2 is 2.46 bits per heavy atom. The van der Waals surface area contributed by atoms with Gasteiger partial charge in [-0.15, -0.1) is 0 Å². The lowest BCUT2D eigenvalue weighted by atomic mass is 10.1. The van der Waals surface area contributed by atoms with E-state index in [-0.39, 0.29) is 6.29 Å². The van der Waals surface area contributed by atoms with Crippen LogP contribution < -0.4 is 0 Å². The standard InChI is InChI=1S/C10H17NO2/c1-9(5-6-11)8-13-10-4-2-3-7-12-10/h9-10H,2-5,7-8H2,1H3/t9-,10?/m0/s1. The van der Waals surface area contributed by atoms with Crippen LogP contribution in [0.2, 0.25) is 0 Å². The highest BCUT2D eigenvalue weighted by Crippen LogP contribution is 2.15. The molecule has 13 heavy (non-hydrogen) atoms. The van der Waals surface area contributed by atoms with Gasteiger partial charge in [-0.2, -0.15) is 5.26 Å². The normalized spacial score (nSPS) is 25.1. The van der Waals surface area contributed by atoms with Crippen LogP contribution >= 0.6 is 0 Å². The van der Waals surface area contributed by atoms with Gasteiger partial charge in [0.05, 0.1) is 12.7 Å². The van der Waals surface area contributed by atoms with Gasteiger partial charge in [0.25, 0.3) is 0 Å². The Kier molecular flexibility index (Phi) is 4.81. The largest absolute Gasteiger partial charge is 0.353 e. The molecule has 1 rings (SSSR count). The number of ether oxygens (including phenoxy) is 2. The molecule has 0 aliphatic carbocycles. The third-order valence-electron chi connectivity index (χ3n) is 2.14. The van der Waals surface area contributed by atoms with E-state index in [4.69, 9.17) is 14.7 Å². The predicted molar refractivity (Wildman–Crippen MR) is 48.9 cm³/mol. The molecule has 0 aromatic carbocycles. The highest BCUT2D eigenvalue weighted by Gasteiger charge is 2.14. The molecule has 1 saturated heterocycles. The van der Waals surface area contributed by atoms with E-state index in [0.29, 0.717) is 18.9 Å². The van der Waals surface area contributed by atoms with Gasteiger partial charge in [-0.05, 0) is 25.2 Å². The van der Waals surface area contributed by atoms with Crippen molar-refractivity contribution in [3.05, 3.63) is 0 Å². The maximum Gasteiger partial charge on any atom is 0.157 e. The van der Waals surface area contributed by atoms with Crippen molar-refractivity contribution < 1.29 is 9.47 Å². The maximum atomic E-state index is 8.44. The number of hydrogen-bond donors (Lipinski definition) is 0. The Morgan fingerprint density at radius 3 is 3.08 bits per heavy atom. The molecule has 1 aliphatic rings. The van der Waals surface area contributed by atoms with Crippen LogP contribution in [0.15, 0.2) is 0 Å². The summed E-state index contributed by atoms with van der Waals surface area (Å²) in [5.74, 6) is 0.315.